The van der Waals surface area contributed by atoms with E-state index in [1.54, 1.807) is 0 Å². The van der Waals surface area contributed by atoms with Crippen LogP contribution in [0.15, 0.2) is 12.1 Å². The predicted octanol–water partition coefficient (Wildman–Crippen LogP) is 2.19. The first-order chi connectivity index (χ1) is 8.42. The van der Waals surface area contributed by atoms with Crippen molar-refractivity contribution in [1.82, 2.24) is 0 Å². The second-order valence-electron chi connectivity index (χ2n) is 3.12. The van der Waals surface area contributed by atoms with Crippen molar-refractivity contribution in [2.45, 2.75) is 6.43 Å². The van der Waals surface area contributed by atoms with Gasteiger partial charge >= 0.3 is 5.97 Å². The molecule has 0 unspecified atom stereocenters. The second kappa shape index (κ2) is 5.18. The summed E-state index contributed by atoms with van der Waals surface area (Å²) in [5.41, 5.74) is -2.89. The molecule has 94 valence electrons. The molecule has 1 aromatic carbocycles. The van der Waals surface area contributed by atoms with Gasteiger partial charge in [0.15, 0.2) is 0 Å². The highest BCUT2D eigenvalue weighted by Crippen LogP contribution is 2.31. The number of alkyl halides is 2. The lowest BCUT2D eigenvalue weighted by molar-refractivity contribution is -0.385. The topological polar surface area (TPSA) is 93.2 Å². The van der Waals surface area contributed by atoms with Gasteiger partial charge in [0.1, 0.15) is 11.6 Å². The van der Waals surface area contributed by atoms with Crippen LogP contribution in [0.1, 0.15) is 27.9 Å². The van der Waals surface area contributed by atoms with Crippen molar-refractivity contribution < 1.29 is 23.2 Å². The van der Waals surface area contributed by atoms with Crippen LogP contribution >= 0.6 is 0 Å². The van der Waals surface area contributed by atoms with E-state index in [0.717, 1.165) is 13.2 Å². The van der Waals surface area contributed by atoms with Gasteiger partial charge in [-0.3, -0.25) is 10.1 Å². The van der Waals surface area contributed by atoms with E-state index in [9.17, 15) is 23.7 Å². The number of nitrogens with zero attached hydrogens (tertiary/aromatic N) is 2. The van der Waals surface area contributed by atoms with Crippen LogP contribution < -0.4 is 0 Å². The van der Waals surface area contributed by atoms with Gasteiger partial charge in [-0.25, -0.2) is 13.6 Å². The smallest absolute Gasteiger partial charge is 0.338 e. The fourth-order valence-electron chi connectivity index (χ4n) is 1.32. The molecule has 0 aliphatic carbocycles. The molecule has 1 aromatic rings. The quantitative estimate of drug-likeness (QED) is 0.469. The number of hydrogen-bond acceptors (Lipinski definition) is 5. The number of esters is 1. The molecule has 0 amide bonds. The molecule has 0 aliphatic heterocycles. The summed E-state index contributed by atoms with van der Waals surface area (Å²) in [5.74, 6) is -0.996. The maximum absolute atomic E-state index is 12.7. The molecule has 0 atom stereocenters. The lowest BCUT2D eigenvalue weighted by Crippen LogP contribution is -2.06. The molecular formula is C10H6F2N2O4. The minimum absolute atomic E-state index is 0.404. The molecule has 0 spiro atoms. The number of methoxy groups -OCH3 is 1. The molecule has 0 saturated carbocycles. The van der Waals surface area contributed by atoms with Gasteiger partial charge in [-0.2, -0.15) is 5.26 Å². The zero-order valence-corrected chi connectivity index (χ0v) is 9.02. The molecule has 0 aliphatic rings. The molecule has 0 aromatic heterocycles. The number of hydrogen-bond donors (Lipinski definition) is 0. The Labute approximate surface area is 99.5 Å². The summed E-state index contributed by atoms with van der Waals surface area (Å²) >= 11 is 0. The van der Waals surface area contributed by atoms with E-state index in [1.807, 2.05) is 0 Å². The maximum Gasteiger partial charge on any atom is 0.338 e. The normalized spacial score (nSPS) is 9.94. The number of benzene rings is 1. The Kier molecular flexibility index (Phi) is 3.89. The van der Waals surface area contributed by atoms with Crippen molar-refractivity contribution in [3.8, 4) is 6.07 Å². The third kappa shape index (κ3) is 2.40. The van der Waals surface area contributed by atoms with Crippen LogP contribution in [0.4, 0.5) is 14.5 Å². The Bertz CT molecular complexity index is 552. The van der Waals surface area contributed by atoms with E-state index < -0.39 is 39.7 Å². The Hall–Kier alpha value is -2.56. The summed E-state index contributed by atoms with van der Waals surface area (Å²) in [6, 6.07) is 2.78. The Balaban J connectivity index is 3.60. The van der Waals surface area contributed by atoms with Crippen LogP contribution in [0.25, 0.3) is 0 Å². The lowest BCUT2D eigenvalue weighted by Gasteiger charge is -2.06. The summed E-state index contributed by atoms with van der Waals surface area (Å²) in [4.78, 5) is 20.9. The van der Waals surface area contributed by atoms with Crippen molar-refractivity contribution >= 4 is 11.7 Å². The molecule has 18 heavy (non-hydrogen) atoms. The average molecular weight is 256 g/mol. The van der Waals surface area contributed by atoms with Gasteiger partial charge in [0.05, 0.1) is 17.6 Å². The van der Waals surface area contributed by atoms with Gasteiger partial charge in [-0.05, 0) is 6.07 Å². The van der Waals surface area contributed by atoms with Crippen molar-refractivity contribution in [2.75, 3.05) is 7.11 Å². The fourth-order valence-corrected chi connectivity index (χ4v) is 1.32. The van der Waals surface area contributed by atoms with Gasteiger partial charge < -0.3 is 4.74 Å². The Morgan fingerprint density at radius 3 is 2.56 bits per heavy atom. The maximum atomic E-state index is 12.7. The molecule has 0 N–H and O–H groups in total. The summed E-state index contributed by atoms with van der Waals surface area (Å²) < 4.78 is 29.6. The minimum atomic E-state index is -3.11. The number of nitro benzene ring substituents is 1. The highest BCUT2D eigenvalue weighted by molar-refractivity contribution is 5.91. The number of nitro groups is 1. The molecule has 0 fully saturated rings. The van der Waals surface area contributed by atoms with Gasteiger partial charge in [-0.1, -0.05) is 0 Å². The van der Waals surface area contributed by atoms with Crippen molar-refractivity contribution in [3.05, 3.63) is 38.9 Å². The first kappa shape index (κ1) is 13.5. The van der Waals surface area contributed by atoms with Crippen LogP contribution in [0.5, 0.6) is 0 Å². The summed E-state index contributed by atoms with van der Waals surface area (Å²) in [5, 5.41) is 19.4. The molecule has 0 heterocycles. The third-order valence-electron chi connectivity index (χ3n) is 2.11. The van der Waals surface area contributed by atoms with Crippen molar-refractivity contribution in [1.29, 1.82) is 5.26 Å². The number of halogens is 2. The van der Waals surface area contributed by atoms with Crippen molar-refractivity contribution in [2.24, 2.45) is 0 Å². The monoisotopic (exact) mass is 256 g/mol. The molecule has 0 radical (unpaired) electrons. The molecule has 0 bridgehead atoms. The SMILES string of the molecule is COC(=O)c1cc(C(F)F)c(C#N)c([N+](=O)[O-])c1. The second-order valence-corrected chi connectivity index (χ2v) is 3.12. The lowest BCUT2D eigenvalue weighted by atomic mass is 10.0. The van der Waals surface area contributed by atoms with E-state index in [0.29, 0.717) is 6.07 Å². The Morgan fingerprint density at radius 1 is 1.56 bits per heavy atom. The highest BCUT2D eigenvalue weighted by Gasteiger charge is 2.26. The summed E-state index contributed by atoms with van der Waals surface area (Å²) in [7, 11) is 1.01. The van der Waals surface area contributed by atoms with E-state index in [2.05, 4.69) is 4.74 Å². The summed E-state index contributed by atoms with van der Waals surface area (Å²) in [6.45, 7) is 0. The molecule has 1 rings (SSSR count). The standard InChI is InChI=1S/C10H6F2N2O4/c1-18-10(15)5-2-6(9(11)12)7(4-13)8(3-5)14(16)17/h2-3,9H,1H3. The zero-order chi connectivity index (χ0) is 13.9. The molecule has 6 nitrogen and oxygen atoms in total. The van der Waals surface area contributed by atoms with Crippen LogP contribution in [-0.4, -0.2) is 18.0 Å². The van der Waals surface area contributed by atoms with E-state index in [4.69, 9.17) is 5.26 Å². The molecule has 8 heteroatoms. The van der Waals surface area contributed by atoms with Crippen LogP contribution in [-0.2, 0) is 4.74 Å². The first-order valence-corrected chi connectivity index (χ1v) is 4.51. The molecular weight excluding hydrogens is 250 g/mol. The van der Waals surface area contributed by atoms with Gasteiger partial charge in [-0.15, -0.1) is 0 Å². The van der Waals surface area contributed by atoms with E-state index >= 15 is 0 Å². The van der Waals surface area contributed by atoms with Gasteiger partial charge in [0, 0.05) is 11.6 Å². The number of rotatable bonds is 3. The number of carbonyl (C=O) groups is 1. The molecule has 0 saturated heterocycles. The number of carbonyl (C=O) groups excluding carboxylic acids is 1. The van der Waals surface area contributed by atoms with Crippen LogP contribution in [0, 0.1) is 21.4 Å². The predicted molar refractivity (Wildman–Crippen MR) is 54.1 cm³/mol. The third-order valence-corrected chi connectivity index (χ3v) is 2.11. The number of ether oxygens (including phenoxy) is 1. The van der Waals surface area contributed by atoms with Crippen molar-refractivity contribution in [3.63, 3.8) is 0 Å². The first-order valence-electron chi connectivity index (χ1n) is 4.51. The summed E-state index contributed by atoms with van der Waals surface area (Å²) in [6.07, 6.45) is -3.11. The largest absolute Gasteiger partial charge is 0.465 e. The highest BCUT2D eigenvalue weighted by atomic mass is 19.3. The zero-order valence-electron chi connectivity index (χ0n) is 9.02. The van der Waals surface area contributed by atoms with Crippen LogP contribution in [0.2, 0.25) is 0 Å². The Morgan fingerprint density at radius 2 is 2.17 bits per heavy atom. The van der Waals surface area contributed by atoms with Gasteiger partial charge in [0.25, 0.3) is 12.1 Å². The minimum Gasteiger partial charge on any atom is -0.465 e. The fraction of sp³-hybridized carbons (Fsp3) is 0.200. The van der Waals surface area contributed by atoms with Crippen LogP contribution in [0.3, 0.4) is 0 Å². The number of nitriles is 1. The van der Waals surface area contributed by atoms with E-state index in [-0.39, 0.29) is 0 Å². The van der Waals surface area contributed by atoms with E-state index in [1.165, 1.54) is 6.07 Å². The van der Waals surface area contributed by atoms with Gasteiger partial charge in [0.2, 0.25) is 0 Å². The average Bonchev–Trinajstić information content (AvgIpc) is 2.35.